The van der Waals surface area contributed by atoms with Crippen LogP contribution in [-0.2, 0) is 9.63 Å². The van der Waals surface area contributed by atoms with Gasteiger partial charge in [0.25, 0.3) is 0 Å². The Kier molecular flexibility index (Phi) is 2.56. The van der Waals surface area contributed by atoms with Gasteiger partial charge in [0.15, 0.2) is 0 Å². The van der Waals surface area contributed by atoms with Crippen molar-refractivity contribution in [3.8, 4) is 0 Å². The first-order chi connectivity index (χ1) is 5.49. The molecule has 0 aromatic rings. The molecule has 1 heterocycles. The van der Waals surface area contributed by atoms with Crippen molar-refractivity contribution in [1.29, 1.82) is 0 Å². The summed E-state index contributed by atoms with van der Waals surface area (Å²) in [5.41, 5.74) is 0. The van der Waals surface area contributed by atoms with Crippen molar-refractivity contribution < 1.29 is 22.8 Å². The summed E-state index contributed by atoms with van der Waals surface area (Å²) in [6.07, 6.45) is -5.07. The monoisotopic (exact) mass is 183 g/mol. The van der Waals surface area contributed by atoms with Gasteiger partial charge >= 0.3 is 6.18 Å². The van der Waals surface area contributed by atoms with Crippen LogP contribution in [0.1, 0.15) is 12.8 Å². The van der Waals surface area contributed by atoms with Gasteiger partial charge in [-0.05, 0) is 0 Å². The molecule has 0 radical (unpaired) electrons. The minimum atomic E-state index is -4.23. The number of halogens is 3. The van der Waals surface area contributed by atoms with Gasteiger partial charge in [-0.25, -0.2) is 5.06 Å². The highest BCUT2D eigenvalue weighted by atomic mass is 19.4. The third kappa shape index (κ3) is 2.69. The normalized spacial score (nSPS) is 18.9. The van der Waals surface area contributed by atoms with Gasteiger partial charge in [0.2, 0.25) is 5.91 Å². The van der Waals surface area contributed by atoms with Gasteiger partial charge in [0.05, 0.1) is 26.0 Å². The fraction of sp³-hybridized carbons (Fsp3) is 0.833. The number of hydrogen-bond donors (Lipinski definition) is 0. The molecule has 1 amide bonds. The lowest BCUT2D eigenvalue weighted by molar-refractivity contribution is -0.179. The summed E-state index contributed by atoms with van der Waals surface area (Å²) in [5.74, 6) is -0.376. The molecule has 1 fully saturated rings. The van der Waals surface area contributed by atoms with Crippen molar-refractivity contribution in [2.45, 2.75) is 19.0 Å². The Hall–Kier alpha value is -0.780. The topological polar surface area (TPSA) is 29.5 Å². The highest BCUT2D eigenvalue weighted by molar-refractivity contribution is 5.76. The zero-order valence-corrected chi connectivity index (χ0v) is 6.23. The van der Waals surface area contributed by atoms with Crippen LogP contribution in [0.25, 0.3) is 0 Å². The van der Waals surface area contributed by atoms with Crippen molar-refractivity contribution in [2.75, 3.05) is 13.2 Å². The molecule has 0 N–H and O–H groups in total. The molecular weight excluding hydrogens is 175 g/mol. The number of hydroxylamine groups is 2. The van der Waals surface area contributed by atoms with Crippen LogP contribution >= 0.6 is 0 Å². The summed E-state index contributed by atoms with van der Waals surface area (Å²) in [4.78, 5) is 15.4. The molecule has 12 heavy (non-hydrogen) atoms. The molecule has 70 valence electrons. The van der Waals surface area contributed by atoms with Gasteiger partial charge in [-0.15, -0.1) is 0 Å². The van der Waals surface area contributed by atoms with Crippen molar-refractivity contribution >= 4 is 5.91 Å². The van der Waals surface area contributed by atoms with Gasteiger partial charge in [0, 0.05) is 0 Å². The molecule has 0 bridgehead atoms. The van der Waals surface area contributed by atoms with Gasteiger partial charge in [-0.2, -0.15) is 13.2 Å². The minimum absolute atomic E-state index is 0.178. The molecule has 6 heteroatoms. The number of rotatable bonds is 2. The van der Waals surface area contributed by atoms with Gasteiger partial charge in [0.1, 0.15) is 0 Å². The molecule has 0 unspecified atom stereocenters. The minimum Gasteiger partial charge on any atom is -0.272 e. The second kappa shape index (κ2) is 3.30. The molecule has 1 saturated heterocycles. The van der Waals surface area contributed by atoms with Crippen LogP contribution in [0.3, 0.4) is 0 Å². The Morgan fingerprint density at radius 2 is 2.17 bits per heavy atom. The van der Waals surface area contributed by atoms with E-state index in [0.717, 1.165) is 5.06 Å². The summed E-state index contributed by atoms with van der Waals surface area (Å²) in [6, 6.07) is 0. The van der Waals surface area contributed by atoms with Gasteiger partial charge in [-0.3, -0.25) is 9.63 Å². The van der Waals surface area contributed by atoms with E-state index in [4.69, 9.17) is 0 Å². The average Bonchev–Trinajstić information content (AvgIpc) is 2.29. The summed E-state index contributed by atoms with van der Waals surface area (Å²) in [6.45, 7) is -0.209. The van der Waals surface area contributed by atoms with Crippen molar-refractivity contribution in [1.82, 2.24) is 5.06 Å². The fourth-order valence-corrected chi connectivity index (χ4v) is 0.857. The number of hydrogen-bond acceptors (Lipinski definition) is 2. The Morgan fingerprint density at radius 3 is 2.58 bits per heavy atom. The zero-order valence-electron chi connectivity index (χ0n) is 6.23. The van der Waals surface area contributed by atoms with Crippen LogP contribution in [0.15, 0.2) is 0 Å². The lowest BCUT2D eigenvalue weighted by atomic mass is 10.4. The number of nitrogens with zero attached hydrogens (tertiary/aromatic N) is 1. The molecule has 0 aromatic carbocycles. The Morgan fingerprint density at radius 1 is 1.50 bits per heavy atom. The molecule has 1 rings (SSSR count). The van der Waals surface area contributed by atoms with Gasteiger partial charge in [-0.1, -0.05) is 0 Å². The number of alkyl halides is 3. The molecule has 1 aliphatic heterocycles. The first-order valence-electron chi connectivity index (χ1n) is 3.49. The highest BCUT2D eigenvalue weighted by Gasteiger charge is 2.31. The van der Waals surface area contributed by atoms with Crippen LogP contribution in [0, 0.1) is 0 Å². The molecular formula is C6H8F3NO2. The first-order valence-corrected chi connectivity index (χ1v) is 3.49. The lowest BCUT2D eigenvalue weighted by Gasteiger charge is -2.14. The van der Waals surface area contributed by atoms with E-state index in [-0.39, 0.29) is 18.9 Å². The Bertz CT molecular complexity index is 180. The lowest BCUT2D eigenvalue weighted by Crippen LogP contribution is -2.27. The predicted octanol–water partition coefficient (Wildman–Crippen LogP) is 1.10. The Balaban J connectivity index is 2.27. The summed E-state index contributed by atoms with van der Waals surface area (Å²) in [5, 5.41) is 0.771. The number of carbonyl (C=O) groups excluding carboxylic acids is 1. The zero-order chi connectivity index (χ0) is 9.19. The second-order valence-electron chi connectivity index (χ2n) is 2.44. The fourth-order valence-electron chi connectivity index (χ4n) is 0.857. The molecule has 0 aromatic heterocycles. The summed E-state index contributed by atoms with van der Waals surface area (Å²) < 4.78 is 34.9. The van der Waals surface area contributed by atoms with Crippen LogP contribution in [0.2, 0.25) is 0 Å². The standard InChI is InChI=1S/C6H8F3NO2/c7-6(8,9)2-3-10-5(11)1-4-12-10/h1-4H2. The summed E-state index contributed by atoms with van der Waals surface area (Å²) in [7, 11) is 0. The van der Waals surface area contributed by atoms with E-state index in [2.05, 4.69) is 4.84 Å². The first kappa shape index (κ1) is 9.31. The molecule has 3 nitrogen and oxygen atoms in total. The maximum Gasteiger partial charge on any atom is 0.390 e. The number of amides is 1. The number of carbonyl (C=O) groups is 1. The average molecular weight is 183 g/mol. The third-order valence-corrected chi connectivity index (χ3v) is 1.44. The quantitative estimate of drug-likeness (QED) is 0.641. The van der Waals surface area contributed by atoms with E-state index < -0.39 is 19.1 Å². The largest absolute Gasteiger partial charge is 0.390 e. The van der Waals surface area contributed by atoms with Crippen LogP contribution < -0.4 is 0 Å². The van der Waals surface area contributed by atoms with E-state index in [1.807, 2.05) is 0 Å². The molecule has 0 aliphatic carbocycles. The van der Waals surface area contributed by atoms with E-state index in [0.29, 0.717) is 0 Å². The van der Waals surface area contributed by atoms with E-state index >= 15 is 0 Å². The molecule has 0 spiro atoms. The second-order valence-corrected chi connectivity index (χ2v) is 2.44. The molecule has 0 atom stereocenters. The highest BCUT2D eigenvalue weighted by Crippen LogP contribution is 2.20. The maximum absolute atomic E-state index is 11.6. The maximum atomic E-state index is 11.6. The summed E-state index contributed by atoms with van der Waals surface area (Å²) >= 11 is 0. The van der Waals surface area contributed by atoms with Crippen molar-refractivity contribution in [2.24, 2.45) is 0 Å². The van der Waals surface area contributed by atoms with E-state index in [1.54, 1.807) is 0 Å². The third-order valence-electron chi connectivity index (χ3n) is 1.44. The SMILES string of the molecule is O=C1CCON1CCC(F)(F)F. The molecule has 0 saturated carbocycles. The van der Waals surface area contributed by atoms with E-state index in [1.165, 1.54) is 0 Å². The van der Waals surface area contributed by atoms with Gasteiger partial charge < -0.3 is 0 Å². The Labute approximate surface area is 67.0 Å². The smallest absolute Gasteiger partial charge is 0.272 e. The van der Waals surface area contributed by atoms with Crippen LogP contribution in [0.5, 0.6) is 0 Å². The molecule has 1 aliphatic rings. The van der Waals surface area contributed by atoms with E-state index in [9.17, 15) is 18.0 Å². The predicted molar refractivity (Wildman–Crippen MR) is 33.0 cm³/mol. The van der Waals surface area contributed by atoms with Crippen molar-refractivity contribution in [3.05, 3.63) is 0 Å². The van der Waals surface area contributed by atoms with Crippen LogP contribution in [0.4, 0.5) is 13.2 Å². The van der Waals surface area contributed by atoms with Crippen LogP contribution in [-0.4, -0.2) is 30.3 Å². The van der Waals surface area contributed by atoms with Crippen molar-refractivity contribution in [3.63, 3.8) is 0 Å².